The number of aliphatic hydroxyl groups is 1. The van der Waals surface area contributed by atoms with Gasteiger partial charge in [0.2, 0.25) is 11.8 Å². The van der Waals surface area contributed by atoms with Gasteiger partial charge in [-0.25, -0.2) is 9.48 Å². The maximum absolute atomic E-state index is 13.3. The van der Waals surface area contributed by atoms with Gasteiger partial charge in [-0.1, -0.05) is 12.1 Å². The van der Waals surface area contributed by atoms with E-state index in [0.29, 0.717) is 32.6 Å². The van der Waals surface area contributed by atoms with E-state index in [4.69, 9.17) is 5.73 Å². The molecule has 14 nitrogen and oxygen atoms in total. The third kappa shape index (κ3) is 5.20. The molecule has 4 aliphatic heterocycles. The number of rotatable bonds is 10. The summed E-state index contributed by atoms with van der Waals surface area (Å²) in [5, 5.41) is 38.3. The molecule has 3 saturated heterocycles. The summed E-state index contributed by atoms with van der Waals surface area (Å²) in [6, 6.07) is -0.814. The van der Waals surface area contributed by atoms with Crippen molar-refractivity contribution in [3.05, 3.63) is 22.5 Å². The standard InChI is InChI=1S/C25H39N9O5S/c1-12-20-19(13(2)29-18(35)9-27-3)24(37)34(20)21(25(38)39)22(12)40-16-6-17(28-8-16)23(36)32-5-4-15(11-32)33-10-14(7-26)30-31-33/h10,12-13,15-17,19-20,24,27-28,37H,4-9,11,26H2,1-3H3,(H,29,35)(H,38,39)/t12-,13-,15?,16+,17+,19-,20+,24?/m1/s1. The molecule has 7 N–H and O–H groups in total. The number of fused-ring (bicyclic) bond motifs is 1. The van der Waals surface area contributed by atoms with Crippen LogP contribution in [-0.2, 0) is 20.9 Å². The quantitative estimate of drug-likeness (QED) is 0.184. The average molecular weight is 578 g/mol. The molecule has 0 saturated carbocycles. The molecule has 5 heterocycles. The number of nitrogens with two attached hydrogens (primary N) is 1. The zero-order chi connectivity index (χ0) is 28.7. The van der Waals surface area contributed by atoms with Gasteiger partial charge >= 0.3 is 5.97 Å². The molecule has 0 aromatic carbocycles. The fourth-order valence-electron chi connectivity index (χ4n) is 6.59. The third-order valence-electron chi connectivity index (χ3n) is 8.57. The van der Waals surface area contributed by atoms with Gasteiger partial charge in [-0.15, -0.1) is 16.9 Å². The maximum atomic E-state index is 13.3. The number of hydrogen-bond acceptors (Lipinski definition) is 11. The molecule has 2 unspecified atom stereocenters. The van der Waals surface area contributed by atoms with Gasteiger partial charge in [-0.2, -0.15) is 0 Å². The van der Waals surface area contributed by atoms with Gasteiger partial charge in [0, 0.05) is 60.3 Å². The van der Waals surface area contributed by atoms with E-state index in [9.17, 15) is 24.6 Å². The van der Waals surface area contributed by atoms with Gasteiger partial charge in [0.05, 0.1) is 30.5 Å². The van der Waals surface area contributed by atoms with E-state index in [1.165, 1.54) is 11.8 Å². The zero-order valence-corrected chi connectivity index (χ0v) is 23.8. The minimum atomic E-state index is -1.08. The first-order valence-electron chi connectivity index (χ1n) is 13.8. The third-order valence-corrected chi connectivity index (χ3v) is 10.1. The highest BCUT2D eigenvalue weighted by Crippen LogP contribution is 2.53. The van der Waals surface area contributed by atoms with Gasteiger partial charge in [-0.3, -0.25) is 9.59 Å². The number of aromatic nitrogens is 3. The number of hydrogen-bond donors (Lipinski definition) is 6. The Morgan fingerprint density at radius 1 is 1.35 bits per heavy atom. The summed E-state index contributed by atoms with van der Waals surface area (Å²) in [4.78, 5) is 41.9. The molecule has 8 atom stereocenters. The number of carbonyl (C=O) groups excluding carboxylic acids is 2. The fraction of sp³-hybridized carbons (Fsp3) is 0.720. The van der Waals surface area contributed by atoms with Gasteiger partial charge in [0.15, 0.2) is 0 Å². The molecular formula is C25H39N9O5S. The van der Waals surface area contributed by atoms with Crippen molar-refractivity contribution in [2.75, 3.05) is 33.2 Å². The number of likely N-dealkylation sites (N-methyl/N-ethyl adjacent to an activating group) is 1. The van der Waals surface area contributed by atoms with Crippen molar-refractivity contribution < 1.29 is 24.6 Å². The zero-order valence-electron chi connectivity index (χ0n) is 23.0. The van der Waals surface area contributed by atoms with E-state index in [1.807, 2.05) is 24.9 Å². The summed E-state index contributed by atoms with van der Waals surface area (Å²) < 4.78 is 1.79. The predicted octanol–water partition coefficient (Wildman–Crippen LogP) is -1.74. The molecule has 1 aromatic rings. The van der Waals surface area contributed by atoms with Crippen molar-refractivity contribution >= 4 is 29.5 Å². The molecule has 0 aliphatic carbocycles. The largest absolute Gasteiger partial charge is 0.477 e. The molecule has 4 aliphatic rings. The Morgan fingerprint density at radius 3 is 2.80 bits per heavy atom. The molecule has 15 heteroatoms. The second-order valence-electron chi connectivity index (χ2n) is 11.1. The number of likely N-dealkylation sites (tertiary alicyclic amines) is 1. The lowest BCUT2D eigenvalue weighted by Crippen LogP contribution is -2.68. The van der Waals surface area contributed by atoms with Crippen molar-refractivity contribution in [2.45, 2.75) is 68.9 Å². The number of carboxylic acid groups (broad SMARTS) is 1. The lowest BCUT2D eigenvalue weighted by Gasteiger charge is -2.54. The highest BCUT2D eigenvalue weighted by atomic mass is 32.2. The first kappa shape index (κ1) is 28.8. The van der Waals surface area contributed by atoms with E-state index in [1.54, 1.807) is 16.6 Å². The molecule has 0 bridgehead atoms. The highest BCUT2D eigenvalue weighted by Gasteiger charge is 2.60. The van der Waals surface area contributed by atoms with Gasteiger partial charge < -0.3 is 41.7 Å². The first-order valence-corrected chi connectivity index (χ1v) is 14.7. The number of thioether (sulfide) groups is 1. The summed E-state index contributed by atoms with van der Waals surface area (Å²) in [6.45, 7) is 6.10. The van der Waals surface area contributed by atoms with Crippen LogP contribution in [-0.4, -0.2) is 116 Å². The van der Waals surface area contributed by atoms with E-state index in [-0.39, 0.29) is 65.3 Å². The van der Waals surface area contributed by atoms with Crippen molar-refractivity contribution in [3.8, 4) is 0 Å². The molecule has 0 radical (unpaired) electrons. The number of nitrogens with one attached hydrogen (secondary N) is 3. The minimum absolute atomic E-state index is 0.0172. The average Bonchev–Trinajstić information content (AvgIpc) is 3.70. The second kappa shape index (κ2) is 11.6. The molecule has 3 fully saturated rings. The summed E-state index contributed by atoms with van der Waals surface area (Å²) in [5.74, 6) is -1.64. The monoisotopic (exact) mass is 577 g/mol. The van der Waals surface area contributed by atoms with E-state index < -0.39 is 12.2 Å². The summed E-state index contributed by atoms with van der Waals surface area (Å²) >= 11 is 1.49. The normalized spacial score (nSPS) is 32.3. The van der Waals surface area contributed by atoms with Crippen molar-refractivity contribution in [1.82, 2.24) is 40.7 Å². The van der Waals surface area contributed by atoms with E-state index >= 15 is 0 Å². The maximum Gasteiger partial charge on any atom is 0.353 e. The molecule has 1 aromatic heterocycles. The number of carbonyl (C=O) groups is 3. The number of aliphatic hydroxyl groups excluding tert-OH is 1. The van der Waals surface area contributed by atoms with Gasteiger partial charge in [-0.05, 0) is 26.8 Å². The SMILES string of the molecule is CNCC(=O)N[C@H](C)[C@H]1C(O)N2C(C(=O)O)=C(S[C@@H]3CN[C@H](C(=O)N4CCC(n5cc(CN)nn5)C4)C3)[C@H](C)[C@@H]12. The van der Waals surface area contributed by atoms with Crippen LogP contribution in [0.1, 0.15) is 38.4 Å². The molecule has 0 spiro atoms. The molecule has 40 heavy (non-hydrogen) atoms. The number of nitrogens with zero attached hydrogens (tertiary/aromatic N) is 5. The summed E-state index contributed by atoms with van der Waals surface area (Å²) in [7, 11) is 1.69. The highest BCUT2D eigenvalue weighted by molar-refractivity contribution is 8.03. The van der Waals surface area contributed by atoms with Crippen LogP contribution in [0.25, 0.3) is 0 Å². The van der Waals surface area contributed by atoms with Crippen LogP contribution in [0.2, 0.25) is 0 Å². The predicted molar refractivity (Wildman–Crippen MR) is 146 cm³/mol. The Bertz CT molecular complexity index is 1180. The summed E-state index contributed by atoms with van der Waals surface area (Å²) in [6.07, 6.45) is 2.22. The van der Waals surface area contributed by atoms with Crippen LogP contribution in [0.4, 0.5) is 0 Å². The number of carboxylic acids is 1. The molecule has 220 valence electrons. The van der Waals surface area contributed by atoms with Gasteiger partial charge in [0.25, 0.3) is 0 Å². The lowest BCUT2D eigenvalue weighted by molar-refractivity contribution is -0.174. The van der Waals surface area contributed by atoms with Crippen LogP contribution in [0.15, 0.2) is 16.8 Å². The Kier molecular flexibility index (Phi) is 8.38. The first-order chi connectivity index (χ1) is 19.1. The molecular weight excluding hydrogens is 538 g/mol. The Balaban J connectivity index is 1.20. The van der Waals surface area contributed by atoms with Gasteiger partial charge in [0.1, 0.15) is 11.9 Å². The Labute approximate surface area is 237 Å². The van der Waals surface area contributed by atoms with E-state index in [2.05, 4.69) is 26.3 Å². The Morgan fingerprint density at radius 2 is 2.12 bits per heavy atom. The summed E-state index contributed by atoms with van der Waals surface area (Å²) in [5.41, 5.74) is 6.48. The van der Waals surface area contributed by atoms with Crippen LogP contribution in [0.5, 0.6) is 0 Å². The van der Waals surface area contributed by atoms with Crippen LogP contribution < -0.4 is 21.7 Å². The smallest absolute Gasteiger partial charge is 0.353 e. The topological polar surface area (TPSA) is 191 Å². The van der Waals surface area contributed by atoms with Crippen LogP contribution in [0, 0.1) is 11.8 Å². The minimum Gasteiger partial charge on any atom is -0.477 e. The van der Waals surface area contributed by atoms with Crippen LogP contribution in [0.3, 0.4) is 0 Å². The van der Waals surface area contributed by atoms with Crippen molar-refractivity contribution in [3.63, 3.8) is 0 Å². The molecule has 2 amide bonds. The number of amides is 2. The van der Waals surface area contributed by atoms with E-state index in [0.717, 1.165) is 17.0 Å². The lowest BCUT2D eigenvalue weighted by atomic mass is 9.77. The number of aliphatic carboxylic acids is 1. The Hall–Kier alpha value is -2.72. The second-order valence-corrected chi connectivity index (χ2v) is 12.5. The molecule has 5 rings (SSSR count). The fourth-order valence-corrected chi connectivity index (χ4v) is 8.08. The van der Waals surface area contributed by atoms with Crippen molar-refractivity contribution in [1.29, 1.82) is 0 Å². The van der Waals surface area contributed by atoms with Crippen molar-refractivity contribution in [2.24, 2.45) is 17.6 Å². The van der Waals surface area contributed by atoms with Crippen LogP contribution >= 0.6 is 11.8 Å².